The van der Waals surface area contributed by atoms with Gasteiger partial charge < -0.3 is 9.84 Å². The summed E-state index contributed by atoms with van der Waals surface area (Å²) in [5.41, 5.74) is -1.12. The third kappa shape index (κ3) is 1.93. The van der Waals surface area contributed by atoms with E-state index in [-0.39, 0.29) is 17.9 Å². The highest BCUT2D eigenvalue weighted by Gasteiger charge is 2.55. The minimum atomic E-state index is -1.50. The van der Waals surface area contributed by atoms with Crippen molar-refractivity contribution in [2.75, 3.05) is 21.2 Å². The number of nitrogens with zero attached hydrogens (tertiary/aromatic N) is 2. The number of imide groups is 2. The van der Waals surface area contributed by atoms with E-state index in [1.807, 2.05) is 0 Å². The maximum absolute atomic E-state index is 12.7. The summed E-state index contributed by atoms with van der Waals surface area (Å²) in [6.07, 6.45) is 0.181. The number of benzene rings is 1. The zero-order valence-corrected chi connectivity index (χ0v) is 12.9. The average Bonchev–Trinajstić information content (AvgIpc) is 2.53. The number of phenolic OH excluding ortho intramolecular Hbond substituents is 1. The summed E-state index contributed by atoms with van der Waals surface area (Å²) in [4.78, 5) is 39.1. The van der Waals surface area contributed by atoms with Gasteiger partial charge in [-0.05, 0) is 24.1 Å². The fourth-order valence-electron chi connectivity index (χ4n) is 2.76. The van der Waals surface area contributed by atoms with E-state index in [1.165, 1.54) is 39.4 Å². The Morgan fingerprint density at radius 1 is 1.14 bits per heavy atom. The van der Waals surface area contributed by atoms with E-state index in [0.717, 1.165) is 9.80 Å². The van der Waals surface area contributed by atoms with Crippen molar-refractivity contribution in [3.63, 3.8) is 0 Å². The molecule has 1 aromatic carbocycles. The summed E-state index contributed by atoms with van der Waals surface area (Å²) in [7, 11) is 4.06. The van der Waals surface area contributed by atoms with Crippen LogP contribution in [0.3, 0.4) is 0 Å². The first-order valence-electron chi connectivity index (χ1n) is 6.79. The van der Waals surface area contributed by atoms with Crippen LogP contribution in [0.2, 0.25) is 0 Å². The summed E-state index contributed by atoms with van der Waals surface area (Å²) in [5, 5.41) is 9.70. The van der Waals surface area contributed by atoms with Crippen LogP contribution in [0.1, 0.15) is 18.9 Å². The van der Waals surface area contributed by atoms with Gasteiger partial charge in [0.1, 0.15) is 0 Å². The molecule has 0 spiro atoms. The smallest absolute Gasteiger partial charge is 0.332 e. The Balaban J connectivity index is 2.68. The fraction of sp³-hybridized carbons (Fsp3) is 0.400. The third-order valence-electron chi connectivity index (χ3n) is 4.12. The number of hydrogen-bond donors (Lipinski definition) is 1. The zero-order chi connectivity index (χ0) is 16.7. The molecule has 0 atom stereocenters. The molecule has 1 aromatic rings. The number of phenols is 1. The molecular weight excluding hydrogens is 288 g/mol. The third-order valence-corrected chi connectivity index (χ3v) is 4.12. The zero-order valence-electron chi connectivity index (χ0n) is 12.9. The lowest BCUT2D eigenvalue weighted by Crippen LogP contribution is -2.64. The molecule has 0 unspecified atom stereocenters. The molecular formula is C15H18N2O5. The van der Waals surface area contributed by atoms with Crippen molar-refractivity contribution in [3.8, 4) is 11.5 Å². The van der Waals surface area contributed by atoms with E-state index in [9.17, 15) is 19.5 Å². The lowest BCUT2D eigenvalue weighted by Gasteiger charge is -2.41. The summed E-state index contributed by atoms with van der Waals surface area (Å²) < 4.78 is 5.04. The predicted molar refractivity (Wildman–Crippen MR) is 77.6 cm³/mol. The standard InChI is InChI=1S/C15H18N2O5/c1-5-15(9-6-7-10(18)11(8-9)22-4)12(19)16(2)14(21)17(3)13(15)20/h6-8,18H,5H2,1-4H3. The van der Waals surface area contributed by atoms with E-state index in [0.29, 0.717) is 5.56 Å². The first-order valence-corrected chi connectivity index (χ1v) is 6.79. The summed E-state index contributed by atoms with van der Waals surface area (Å²) >= 11 is 0. The number of ether oxygens (including phenoxy) is 1. The van der Waals surface area contributed by atoms with Gasteiger partial charge in [-0.3, -0.25) is 19.4 Å². The molecule has 22 heavy (non-hydrogen) atoms. The van der Waals surface area contributed by atoms with Crippen molar-refractivity contribution in [1.29, 1.82) is 0 Å². The predicted octanol–water partition coefficient (Wildman–Crippen LogP) is 1.10. The highest BCUT2D eigenvalue weighted by molar-refractivity contribution is 6.22. The Labute approximate surface area is 128 Å². The number of amides is 4. The van der Waals surface area contributed by atoms with Gasteiger partial charge in [0, 0.05) is 14.1 Å². The Morgan fingerprint density at radius 2 is 1.68 bits per heavy atom. The van der Waals surface area contributed by atoms with E-state index in [1.54, 1.807) is 6.92 Å². The molecule has 7 nitrogen and oxygen atoms in total. The van der Waals surface area contributed by atoms with Crippen molar-refractivity contribution >= 4 is 17.8 Å². The van der Waals surface area contributed by atoms with Gasteiger partial charge >= 0.3 is 6.03 Å². The van der Waals surface area contributed by atoms with Crippen molar-refractivity contribution < 1.29 is 24.2 Å². The van der Waals surface area contributed by atoms with Gasteiger partial charge in [0.05, 0.1) is 7.11 Å². The van der Waals surface area contributed by atoms with Crippen molar-refractivity contribution in [2.45, 2.75) is 18.8 Å². The molecule has 1 saturated heterocycles. The Morgan fingerprint density at radius 3 is 2.14 bits per heavy atom. The van der Waals surface area contributed by atoms with Gasteiger partial charge in [-0.15, -0.1) is 0 Å². The monoisotopic (exact) mass is 306 g/mol. The van der Waals surface area contributed by atoms with Gasteiger partial charge in [0.2, 0.25) is 0 Å². The second-order valence-corrected chi connectivity index (χ2v) is 5.16. The van der Waals surface area contributed by atoms with Gasteiger partial charge in [0.15, 0.2) is 16.9 Å². The fourth-order valence-corrected chi connectivity index (χ4v) is 2.76. The largest absolute Gasteiger partial charge is 0.504 e. The molecule has 4 amide bonds. The van der Waals surface area contributed by atoms with Crippen LogP contribution in [0.5, 0.6) is 11.5 Å². The summed E-state index contributed by atoms with van der Waals surface area (Å²) in [6, 6.07) is 3.65. The molecule has 0 bridgehead atoms. The molecule has 7 heteroatoms. The molecule has 1 aliphatic rings. The number of urea groups is 1. The van der Waals surface area contributed by atoms with Gasteiger partial charge in [-0.1, -0.05) is 13.0 Å². The number of aromatic hydroxyl groups is 1. The van der Waals surface area contributed by atoms with E-state index >= 15 is 0 Å². The van der Waals surface area contributed by atoms with Crippen molar-refractivity contribution in [1.82, 2.24) is 9.80 Å². The Kier molecular flexibility index (Phi) is 3.83. The van der Waals surface area contributed by atoms with Crippen LogP contribution >= 0.6 is 0 Å². The van der Waals surface area contributed by atoms with Crippen LogP contribution < -0.4 is 4.74 Å². The van der Waals surface area contributed by atoms with Gasteiger partial charge in [0.25, 0.3) is 11.8 Å². The molecule has 118 valence electrons. The number of carbonyl (C=O) groups is 3. The minimum Gasteiger partial charge on any atom is -0.504 e. The minimum absolute atomic E-state index is 0.0917. The number of barbiturate groups is 1. The summed E-state index contributed by atoms with van der Waals surface area (Å²) in [5.74, 6) is -1.11. The number of likely N-dealkylation sites (N-methyl/N-ethyl adjacent to an activating group) is 2. The quantitative estimate of drug-likeness (QED) is 0.845. The summed E-state index contributed by atoms with van der Waals surface area (Å²) in [6.45, 7) is 1.70. The number of carbonyl (C=O) groups excluding carboxylic acids is 3. The molecule has 0 aromatic heterocycles. The van der Waals surface area contributed by atoms with Crippen LogP contribution in [0, 0.1) is 0 Å². The number of rotatable bonds is 3. The SMILES string of the molecule is CCC1(c2ccc(O)c(OC)c2)C(=O)N(C)C(=O)N(C)C1=O. The van der Waals surface area contributed by atoms with Crippen LogP contribution in [0.4, 0.5) is 4.79 Å². The van der Waals surface area contributed by atoms with Gasteiger partial charge in [-0.25, -0.2) is 4.79 Å². The van der Waals surface area contributed by atoms with Crippen LogP contribution in [-0.4, -0.2) is 54.0 Å². The normalized spacial score (nSPS) is 17.9. The average molecular weight is 306 g/mol. The van der Waals surface area contributed by atoms with Crippen molar-refractivity contribution in [3.05, 3.63) is 23.8 Å². The van der Waals surface area contributed by atoms with E-state index in [4.69, 9.17) is 4.74 Å². The molecule has 0 saturated carbocycles. The molecule has 1 N–H and O–H groups in total. The van der Waals surface area contributed by atoms with Crippen molar-refractivity contribution in [2.24, 2.45) is 0 Å². The molecule has 1 fully saturated rings. The van der Waals surface area contributed by atoms with E-state index < -0.39 is 23.3 Å². The maximum Gasteiger partial charge on any atom is 0.332 e. The maximum atomic E-state index is 12.7. The Bertz CT molecular complexity index is 631. The highest BCUT2D eigenvalue weighted by atomic mass is 16.5. The van der Waals surface area contributed by atoms with Gasteiger partial charge in [-0.2, -0.15) is 0 Å². The Hall–Kier alpha value is -2.57. The second-order valence-electron chi connectivity index (χ2n) is 5.16. The lowest BCUT2D eigenvalue weighted by atomic mass is 9.74. The molecule has 1 heterocycles. The number of hydrogen-bond acceptors (Lipinski definition) is 5. The molecule has 2 rings (SSSR count). The molecule has 0 radical (unpaired) electrons. The highest BCUT2D eigenvalue weighted by Crippen LogP contribution is 2.39. The second kappa shape index (κ2) is 5.32. The first-order chi connectivity index (χ1) is 10.3. The number of methoxy groups -OCH3 is 1. The van der Waals surface area contributed by atoms with E-state index in [2.05, 4.69) is 0 Å². The van der Waals surface area contributed by atoms with Crippen LogP contribution in [-0.2, 0) is 15.0 Å². The lowest BCUT2D eigenvalue weighted by molar-refractivity contribution is -0.150. The topological polar surface area (TPSA) is 87.2 Å². The molecule has 1 aliphatic heterocycles. The molecule has 0 aliphatic carbocycles. The first kappa shape index (κ1) is 15.8. The van der Waals surface area contributed by atoms with Crippen LogP contribution in [0.25, 0.3) is 0 Å². The van der Waals surface area contributed by atoms with Crippen LogP contribution in [0.15, 0.2) is 18.2 Å².